The second-order valence-electron chi connectivity index (χ2n) is 5.97. The lowest BCUT2D eigenvalue weighted by molar-refractivity contribution is 0.130. The first-order chi connectivity index (χ1) is 11.2. The number of aliphatic hydroxyl groups excluding tert-OH is 1. The summed E-state index contributed by atoms with van der Waals surface area (Å²) in [5, 5.41) is 15.3. The molecule has 2 atom stereocenters. The Balaban J connectivity index is 2.10. The Hall–Kier alpha value is -2.10. The molecule has 0 aliphatic heterocycles. The van der Waals surface area contributed by atoms with Gasteiger partial charge in [-0.3, -0.25) is 0 Å². The van der Waals surface area contributed by atoms with Crippen LogP contribution in [-0.4, -0.2) is 28.9 Å². The topological polar surface area (TPSA) is 37.2 Å². The van der Waals surface area contributed by atoms with Crippen LogP contribution in [0.5, 0.6) is 0 Å². The molecule has 3 heteroatoms. The Labute approximate surface area is 137 Å². The van der Waals surface area contributed by atoms with E-state index in [0.717, 1.165) is 17.6 Å². The van der Waals surface area contributed by atoms with Crippen molar-refractivity contribution in [1.29, 1.82) is 0 Å². The highest BCUT2D eigenvalue weighted by atomic mass is 16.3. The number of hydrogen-bond donors (Lipinski definition) is 2. The standard InChI is InChI=1S/C20H24N2O/c1-3-21-13-19(23)20(16-9-5-4-6-10-16)22-14-15(2)17-11-7-8-12-18(17)22/h4-12,14,19-21,23H,3,13H2,1-2H3. The molecule has 1 aromatic heterocycles. The molecule has 120 valence electrons. The van der Waals surface area contributed by atoms with Crippen molar-refractivity contribution >= 4 is 10.9 Å². The average Bonchev–Trinajstić information content (AvgIpc) is 2.91. The van der Waals surface area contributed by atoms with Crippen LogP contribution < -0.4 is 5.32 Å². The van der Waals surface area contributed by atoms with E-state index in [4.69, 9.17) is 0 Å². The zero-order valence-corrected chi connectivity index (χ0v) is 13.7. The first kappa shape index (κ1) is 15.8. The Kier molecular flexibility index (Phi) is 4.79. The van der Waals surface area contributed by atoms with Gasteiger partial charge in [-0.15, -0.1) is 0 Å². The lowest BCUT2D eigenvalue weighted by Crippen LogP contribution is -2.34. The molecule has 2 aromatic carbocycles. The van der Waals surface area contributed by atoms with Crippen LogP contribution in [0.15, 0.2) is 60.8 Å². The summed E-state index contributed by atoms with van der Waals surface area (Å²) in [6.07, 6.45) is 1.66. The van der Waals surface area contributed by atoms with Gasteiger partial charge in [0, 0.05) is 23.6 Å². The normalized spacial score (nSPS) is 14.0. The maximum absolute atomic E-state index is 10.8. The molecule has 0 bridgehead atoms. The number of nitrogens with one attached hydrogen (secondary N) is 1. The summed E-state index contributed by atoms with van der Waals surface area (Å²) >= 11 is 0. The molecular weight excluding hydrogens is 284 g/mol. The predicted molar refractivity (Wildman–Crippen MR) is 95.8 cm³/mol. The van der Waals surface area contributed by atoms with Gasteiger partial charge in [-0.25, -0.2) is 0 Å². The predicted octanol–water partition coefficient (Wildman–Crippen LogP) is 3.51. The maximum atomic E-state index is 10.8. The van der Waals surface area contributed by atoms with Gasteiger partial charge in [-0.2, -0.15) is 0 Å². The van der Waals surface area contributed by atoms with E-state index < -0.39 is 6.10 Å². The van der Waals surface area contributed by atoms with Crippen molar-refractivity contribution in [3.63, 3.8) is 0 Å². The van der Waals surface area contributed by atoms with Crippen molar-refractivity contribution < 1.29 is 5.11 Å². The molecular formula is C20H24N2O. The van der Waals surface area contributed by atoms with Crippen molar-refractivity contribution in [3.05, 3.63) is 71.9 Å². The van der Waals surface area contributed by atoms with E-state index in [1.807, 2.05) is 18.2 Å². The number of benzene rings is 2. The first-order valence-corrected chi connectivity index (χ1v) is 8.22. The van der Waals surface area contributed by atoms with Crippen LogP contribution in [-0.2, 0) is 0 Å². The quantitative estimate of drug-likeness (QED) is 0.731. The number of para-hydroxylation sites is 1. The Morgan fingerprint density at radius 1 is 1.04 bits per heavy atom. The van der Waals surface area contributed by atoms with Gasteiger partial charge in [0.15, 0.2) is 0 Å². The summed E-state index contributed by atoms with van der Waals surface area (Å²) in [5.74, 6) is 0. The summed E-state index contributed by atoms with van der Waals surface area (Å²) in [7, 11) is 0. The van der Waals surface area contributed by atoms with Crippen LogP contribution in [0, 0.1) is 6.92 Å². The maximum Gasteiger partial charge on any atom is 0.0912 e. The number of hydrogen-bond acceptors (Lipinski definition) is 2. The molecule has 3 rings (SSSR count). The molecule has 0 fully saturated rings. The summed E-state index contributed by atoms with van der Waals surface area (Å²) in [4.78, 5) is 0. The van der Waals surface area contributed by atoms with Crippen molar-refractivity contribution in [2.45, 2.75) is 26.0 Å². The van der Waals surface area contributed by atoms with Crippen molar-refractivity contribution in [3.8, 4) is 0 Å². The van der Waals surface area contributed by atoms with Gasteiger partial charge in [0.25, 0.3) is 0 Å². The molecule has 3 nitrogen and oxygen atoms in total. The SMILES string of the molecule is CCNCC(O)C(c1ccccc1)n1cc(C)c2ccccc21. The summed E-state index contributed by atoms with van der Waals surface area (Å²) in [5.41, 5.74) is 3.52. The highest BCUT2D eigenvalue weighted by Gasteiger charge is 2.24. The molecule has 0 spiro atoms. The van der Waals surface area contributed by atoms with E-state index in [2.05, 4.69) is 66.3 Å². The van der Waals surface area contributed by atoms with Gasteiger partial charge < -0.3 is 15.0 Å². The van der Waals surface area contributed by atoms with E-state index >= 15 is 0 Å². The van der Waals surface area contributed by atoms with E-state index in [1.165, 1.54) is 10.9 Å². The number of aliphatic hydroxyl groups is 1. The number of rotatable bonds is 6. The molecule has 1 heterocycles. The Bertz CT molecular complexity index is 764. The smallest absolute Gasteiger partial charge is 0.0912 e. The third-order valence-electron chi connectivity index (χ3n) is 4.35. The fraction of sp³-hybridized carbons (Fsp3) is 0.300. The molecule has 0 aliphatic rings. The fourth-order valence-corrected chi connectivity index (χ4v) is 3.23. The monoisotopic (exact) mass is 308 g/mol. The summed E-state index contributed by atoms with van der Waals surface area (Å²) < 4.78 is 2.21. The van der Waals surface area contributed by atoms with E-state index in [0.29, 0.717) is 6.54 Å². The molecule has 0 amide bonds. The molecule has 2 unspecified atom stereocenters. The number of nitrogens with zero attached hydrogens (tertiary/aromatic N) is 1. The summed E-state index contributed by atoms with van der Waals surface area (Å²) in [6, 6.07) is 18.5. The van der Waals surface area contributed by atoms with Gasteiger partial charge in [0.2, 0.25) is 0 Å². The van der Waals surface area contributed by atoms with Crippen LogP contribution in [0.2, 0.25) is 0 Å². The molecule has 0 radical (unpaired) electrons. The average molecular weight is 308 g/mol. The first-order valence-electron chi connectivity index (χ1n) is 8.22. The van der Waals surface area contributed by atoms with Crippen LogP contribution >= 0.6 is 0 Å². The van der Waals surface area contributed by atoms with Crippen molar-refractivity contribution in [2.24, 2.45) is 0 Å². The second-order valence-corrected chi connectivity index (χ2v) is 5.97. The van der Waals surface area contributed by atoms with Crippen molar-refractivity contribution in [1.82, 2.24) is 9.88 Å². The zero-order valence-electron chi connectivity index (χ0n) is 13.7. The van der Waals surface area contributed by atoms with Gasteiger partial charge in [0.1, 0.15) is 0 Å². The van der Waals surface area contributed by atoms with E-state index in [-0.39, 0.29) is 6.04 Å². The number of aromatic nitrogens is 1. The summed E-state index contributed by atoms with van der Waals surface area (Å²) in [6.45, 7) is 5.60. The van der Waals surface area contributed by atoms with Crippen LogP contribution in [0.3, 0.4) is 0 Å². The zero-order chi connectivity index (χ0) is 16.2. The lowest BCUT2D eigenvalue weighted by Gasteiger charge is -2.26. The second kappa shape index (κ2) is 6.99. The minimum atomic E-state index is -0.493. The number of fused-ring (bicyclic) bond motifs is 1. The molecule has 0 saturated heterocycles. The minimum absolute atomic E-state index is 0.103. The molecule has 3 aromatic rings. The Morgan fingerprint density at radius 3 is 2.48 bits per heavy atom. The third-order valence-corrected chi connectivity index (χ3v) is 4.35. The number of likely N-dealkylation sites (N-methyl/N-ethyl adjacent to an activating group) is 1. The van der Waals surface area contributed by atoms with E-state index in [9.17, 15) is 5.11 Å². The van der Waals surface area contributed by atoms with Gasteiger partial charge in [-0.05, 0) is 30.7 Å². The van der Waals surface area contributed by atoms with Gasteiger partial charge in [0.05, 0.1) is 12.1 Å². The van der Waals surface area contributed by atoms with E-state index in [1.54, 1.807) is 0 Å². The minimum Gasteiger partial charge on any atom is -0.389 e. The largest absolute Gasteiger partial charge is 0.389 e. The van der Waals surface area contributed by atoms with Gasteiger partial charge >= 0.3 is 0 Å². The van der Waals surface area contributed by atoms with Crippen LogP contribution in [0.25, 0.3) is 10.9 Å². The third kappa shape index (κ3) is 3.16. The van der Waals surface area contributed by atoms with Crippen LogP contribution in [0.1, 0.15) is 24.1 Å². The molecule has 23 heavy (non-hydrogen) atoms. The van der Waals surface area contributed by atoms with Crippen LogP contribution in [0.4, 0.5) is 0 Å². The van der Waals surface area contributed by atoms with Crippen molar-refractivity contribution in [2.75, 3.05) is 13.1 Å². The molecule has 0 saturated carbocycles. The molecule has 2 N–H and O–H groups in total. The highest BCUT2D eigenvalue weighted by Crippen LogP contribution is 2.30. The lowest BCUT2D eigenvalue weighted by atomic mass is 10.0. The number of aryl methyl sites for hydroxylation is 1. The molecule has 0 aliphatic carbocycles. The Morgan fingerprint density at radius 2 is 1.74 bits per heavy atom. The highest BCUT2D eigenvalue weighted by molar-refractivity contribution is 5.84. The van der Waals surface area contributed by atoms with Gasteiger partial charge in [-0.1, -0.05) is 55.5 Å². The fourth-order valence-electron chi connectivity index (χ4n) is 3.23.